The highest BCUT2D eigenvalue weighted by atomic mass is 32.2. The maximum absolute atomic E-state index is 12.5. The van der Waals surface area contributed by atoms with Gasteiger partial charge in [0.2, 0.25) is 0 Å². The Morgan fingerprint density at radius 2 is 1.82 bits per heavy atom. The predicted molar refractivity (Wildman–Crippen MR) is 114 cm³/mol. The average Bonchev–Trinajstić information content (AvgIpc) is 2.88. The third-order valence-electron chi connectivity index (χ3n) is 5.47. The molecule has 1 aromatic heterocycles. The molecule has 7 heteroatoms. The van der Waals surface area contributed by atoms with Crippen LogP contribution in [0.2, 0.25) is 0 Å². The minimum atomic E-state index is -0.441. The third kappa shape index (κ3) is 4.26. The Bertz CT molecular complexity index is 870. The minimum absolute atomic E-state index is 0.113. The number of aryl methyl sites for hydroxylation is 1. The largest absolute Gasteiger partial charge is 0.494 e. The van der Waals surface area contributed by atoms with E-state index < -0.39 is 18.3 Å². The molecule has 0 unspecified atom stereocenters. The molecule has 28 heavy (non-hydrogen) atoms. The lowest BCUT2D eigenvalue weighted by Gasteiger charge is -2.32. The van der Waals surface area contributed by atoms with E-state index in [-0.39, 0.29) is 5.91 Å². The highest BCUT2D eigenvalue weighted by Gasteiger charge is 2.51. The minimum Gasteiger partial charge on any atom is -0.399 e. The lowest BCUT2D eigenvalue weighted by molar-refractivity contribution is 0.00578. The molecule has 2 heterocycles. The fourth-order valence-electron chi connectivity index (χ4n) is 2.95. The fourth-order valence-corrected chi connectivity index (χ4v) is 3.59. The van der Waals surface area contributed by atoms with Crippen molar-refractivity contribution < 1.29 is 14.1 Å². The van der Waals surface area contributed by atoms with E-state index >= 15 is 0 Å². The molecule has 1 amide bonds. The fraction of sp³-hybridized carbons (Fsp3) is 0.429. The van der Waals surface area contributed by atoms with Crippen molar-refractivity contribution in [1.29, 1.82) is 0 Å². The summed E-state index contributed by atoms with van der Waals surface area (Å²) in [7, 11) is -0.441. The highest BCUT2D eigenvalue weighted by molar-refractivity contribution is 7.98. The molecule has 1 N–H and O–H groups in total. The molecule has 0 radical (unpaired) electrons. The van der Waals surface area contributed by atoms with Gasteiger partial charge in [0, 0.05) is 16.7 Å². The van der Waals surface area contributed by atoms with Gasteiger partial charge >= 0.3 is 7.12 Å². The Morgan fingerprint density at radius 1 is 1.14 bits per heavy atom. The third-order valence-corrected chi connectivity index (χ3v) is 6.35. The van der Waals surface area contributed by atoms with Crippen LogP contribution in [0.15, 0.2) is 41.4 Å². The zero-order valence-corrected chi connectivity index (χ0v) is 18.1. The summed E-state index contributed by atoms with van der Waals surface area (Å²) < 4.78 is 12.2. The summed E-state index contributed by atoms with van der Waals surface area (Å²) in [4.78, 5) is 18.0. The van der Waals surface area contributed by atoms with Gasteiger partial charge in [-0.05, 0) is 76.2 Å². The van der Waals surface area contributed by atoms with E-state index in [1.54, 1.807) is 18.0 Å². The van der Waals surface area contributed by atoms with Crippen LogP contribution in [0.3, 0.4) is 0 Å². The van der Waals surface area contributed by atoms with Gasteiger partial charge in [0.25, 0.3) is 5.91 Å². The van der Waals surface area contributed by atoms with E-state index in [1.807, 2.05) is 71.2 Å². The molecule has 0 atom stereocenters. The topological polar surface area (TPSA) is 60.5 Å². The zero-order valence-electron chi connectivity index (χ0n) is 17.3. The van der Waals surface area contributed by atoms with Crippen molar-refractivity contribution in [1.82, 2.24) is 10.3 Å². The number of aromatic nitrogens is 1. The Morgan fingerprint density at radius 3 is 2.46 bits per heavy atom. The smallest absolute Gasteiger partial charge is 0.399 e. The van der Waals surface area contributed by atoms with Crippen molar-refractivity contribution in [2.45, 2.75) is 57.3 Å². The van der Waals surface area contributed by atoms with Gasteiger partial charge in [-0.15, -0.1) is 11.8 Å². The quantitative estimate of drug-likeness (QED) is 0.619. The molecule has 0 aliphatic carbocycles. The van der Waals surface area contributed by atoms with Crippen molar-refractivity contribution >= 4 is 30.3 Å². The number of nitrogens with zero attached hydrogens (tertiary/aromatic N) is 1. The molecule has 2 aromatic rings. The van der Waals surface area contributed by atoms with Gasteiger partial charge in [-0.3, -0.25) is 9.78 Å². The van der Waals surface area contributed by atoms with E-state index in [0.717, 1.165) is 16.1 Å². The summed E-state index contributed by atoms with van der Waals surface area (Å²) in [5.41, 5.74) is 2.69. The first kappa shape index (κ1) is 20.9. The number of nitrogens with one attached hydrogen (secondary N) is 1. The predicted octanol–water partition coefficient (Wildman–Crippen LogP) is 3.34. The van der Waals surface area contributed by atoms with E-state index in [2.05, 4.69) is 10.3 Å². The SMILES string of the molecule is CSc1cc(C(=O)NCc2cc(B3OC(C)(C)C(C)(C)O3)ccn2)ccc1C. The van der Waals surface area contributed by atoms with Crippen molar-refractivity contribution in [2.24, 2.45) is 0 Å². The molecule has 1 aliphatic heterocycles. The number of carbonyl (C=O) groups is 1. The molecule has 148 valence electrons. The molecule has 1 saturated heterocycles. The lowest BCUT2D eigenvalue weighted by atomic mass is 9.79. The van der Waals surface area contributed by atoms with Crippen molar-refractivity contribution in [3.63, 3.8) is 0 Å². The number of rotatable bonds is 5. The van der Waals surface area contributed by atoms with Gasteiger partial charge < -0.3 is 14.6 Å². The standard InChI is InChI=1S/C21H27BN2O3S/c1-14-7-8-15(11-18(14)28-6)19(25)24-13-17-12-16(9-10-23-17)22-26-20(2,3)21(4,5)27-22/h7-12H,13H2,1-6H3,(H,24,25). The first-order chi connectivity index (χ1) is 13.1. The van der Waals surface area contributed by atoms with Crippen LogP contribution in [-0.2, 0) is 15.9 Å². The Labute approximate surface area is 171 Å². The monoisotopic (exact) mass is 398 g/mol. The normalized spacial score (nSPS) is 17.6. The Balaban J connectivity index is 1.68. The molecule has 0 spiro atoms. The number of thioether (sulfide) groups is 1. The van der Waals surface area contributed by atoms with Gasteiger partial charge in [0.05, 0.1) is 23.4 Å². The molecular weight excluding hydrogens is 371 g/mol. The van der Waals surface area contributed by atoms with E-state index in [4.69, 9.17) is 9.31 Å². The average molecular weight is 398 g/mol. The Hall–Kier alpha value is -1.83. The van der Waals surface area contributed by atoms with E-state index in [9.17, 15) is 4.79 Å². The van der Waals surface area contributed by atoms with Gasteiger partial charge in [0.15, 0.2) is 0 Å². The summed E-state index contributed by atoms with van der Waals surface area (Å²) in [5.74, 6) is -0.113. The van der Waals surface area contributed by atoms with Gasteiger partial charge in [-0.1, -0.05) is 6.07 Å². The molecule has 3 rings (SSSR count). The molecule has 1 aromatic carbocycles. The second-order valence-corrected chi connectivity index (χ2v) is 8.88. The van der Waals surface area contributed by atoms with Crippen LogP contribution < -0.4 is 10.8 Å². The highest BCUT2D eigenvalue weighted by Crippen LogP contribution is 2.36. The first-order valence-corrected chi connectivity index (χ1v) is 10.6. The van der Waals surface area contributed by atoms with Crippen LogP contribution in [0.25, 0.3) is 0 Å². The van der Waals surface area contributed by atoms with Crippen LogP contribution in [0, 0.1) is 6.92 Å². The summed E-state index contributed by atoms with van der Waals surface area (Å²) in [6.45, 7) is 10.5. The summed E-state index contributed by atoms with van der Waals surface area (Å²) in [6.07, 6.45) is 3.73. The molecule has 5 nitrogen and oxygen atoms in total. The van der Waals surface area contributed by atoms with Crippen molar-refractivity contribution in [3.05, 3.63) is 53.3 Å². The van der Waals surface area contributed by atoms with Gasteiger partial charge in [0.1, 0.15) is 0 Å². The zero-order chi connectivity index (χ0) is 20.5. The second-order valence-electron chi connectivity index (χ2n) is 8.04. The molecule has 0 saturated carbocycles. The summed E-state index contributed by atoms with van der Waals surface area (Å²) >= 11 is 1.64. The molecule has 1 aliphatic rings. The maximum atomic E-state index is 12.5. The maximum Gasteiger partial charge on any atom is 0.494 e. The van der Waals surface area contributed by atoms with Crippen LogP contribution >= 0.6 is 11.8 Å². The number of amides is 1. The molecule has 1 fully saturated rings. The first-order valence-electron chi connectivity index (χ1n) is 9.36. The van der Waals surface area contributed by atoms with Crippen LogP contribution in [0.5, 0.6) is 0 Å². The number of carbonyl (C=O) groups excluding carboxylic acids is 1. The van der Waals surface area contributed by atoms with E-state index in [0.29, 0.717) is 12.1 Å². The number of hydrogen-bond donors (Lipinski definition) is 1. The lowest BCUT2D eigenvalue weighted by Crippen LogP contribution is -2.41. The Kier molecular flexibility index (Phi) is 5.89. The number of benzene rings is 1. The van der Waals surface area contributed by atoms with Crippen molar-refractivity contribution in [2.75, 3.05) is 6.26 Å². The summed E-state index contributed by atoms with van der Waals surface area (Å²) in [5, 5.41) is 2.94. The molecular formula is C21H27BN2O3S. The number of hydrogen-bond acceptors (Lipinski definition) is 5. The molecule has 0 bridgehead atoms. The van der Waals surface area contributed by atoms with Crippen molar-refractivity contribution in [3.8, 4) is 0 Å². The van der Waals surface area contributed by atoms with E-state index in [1.165, 1.54) is 5.56 Å². The summed E-state index contributed by atoms with van der Waals surface area (Å²) in [6, 6.07) is 9.54. The van der Waals surface area contributed by atoms with Crippen LogP contribution in [-0.4, -0.2) is 35.5 Å². The number of pyridine rings is 1. The van der Waals surface area contributed by atoms with Gasteiger partial charge in [-0.25, -0.2) is 0 Å². The van der Waals surface area contributed by atoms with Gasteiger partial charge in [-0.2, -0.15) is 0 Å². The van der Waals surface area contributed by atoms with Crippen LogP contribution in [0.1, 0.15) is 49.3 Å². The second kappa shape index (κ2) is 7.89. The van der Waals surface area contributed by atoms with Crippen LogP contribution in [0.4, 0.5) is 0 Å².